The first kappa shape index (κ1) is 14.1. The maximum absolute atomic E-state index is 11.0. The van der Waals surface area contributed by atoms with Gasteiger partial charge in [0.1, 0.15) is 5.78 Å². The van der Waals surface area contributed by atoms with Crippen LogP contribution in [0, 0.1) is 5.92 Å². The Morgan fingerprint density at radius 2 is 1.80 bits per heavy atom. The first-order valence-corrected chi connectivity index (χ1v) is 4.36. The van der Waals surface area contributed by atoms with Crippen molar-refractivity contribution < 1.29 is 37.1 Å². The van der Waals surface area contributed by atoms with Crippen LogP contribution in [0.4, 0.5) is 0 Å². The molecule has 0 aliphatic rings. The zero-order chi connectivity index (χ0) is 10.6. The van der Waals surface area contributed by atoms with Crippen molar-refractivity contribution in [3.63, 3.8) is 0 Å². The molecule has 1 atom stereocenters. The van der Waals surface area contributed by atoms with E-state index in [0.29, 0.717) is 0 Å². The Labute approximate surface area is 104 Å². The minimum absolute atomic E-state index is 0. The SMILES string of the molecule is CC(=O)C(Cc1ccccc1)C(=O)[O-].[Ag+]. The summed E-state index contributed by atoms with van der Waals surface area (Å²) >= 11 is 0. The first-order valence-electron chi connectivity index (χ1n) is 4.36. The van der Waals surface area contributed by atoms with Crippen LogP contribution in [0.25, 0.3) is 0 Å². The quantitative estimate of drug-likeness (QED) is 0.589. The number of rotatable bonds is 4. The molecular weight excluding hydrogens is 288 g/mol. The molecule has 0 fully saturated rings. The van der Waals surface area contributed by atoms with Crippen LogP contribution >= 0.6 is 0 Å². The Morgan fingerprint density at radius 1 is 1.27 bits per heavy atom. The Kier molecular flexibility index (Phi) is 6.17. The number of carbonyl (C=O) groups is 2. The molecular formula is C11H11AgO3. The Balaban J connectivity index is 0.00000196. The summed E-state index contributed by atoms with van der Waals surface area (Å²) in [5, 5.41) is 10.6. The van der Waals surface area contributed by atoms with E-state index in [1.54, 1.807) is 12.1 Å². The first-order chi connectivity index (χ1) is 6.61. The molecule has 15 heavy (non-hydrogen) atoms. The molecule has 1 aromatic rings. The van der Waals surface area contributed by atoms with E-state index in [0.717, 1.165) is 5.56 Å². The van der Waals surface area contributed by atoms with E-state index in [9.17, 15) is 14.7 Å². The average Bonchev–Trinajstić information content (AvgIpc) is 2.15. The van der Waals surface area contributed by atoms with E-state index >= 15 is 0 Å². The Morgan fingerprint density at radius 3 is 2.20 bits per heavy atom. The van der Waals surface area contributed by atoms with Gasteiger partial charge in [0.25, 0.3) is 0 Å². The van der Waals surface area contributed by atoms with E-state index < -0.39 is 11.9 Å². The normalized spacial score (nSPS) is 11.3. The van der Waals surface area contributed by atoms with E-state index in [1.165, 1.54) is 6.92 Å². The number of hydrogen-bond donors (Lipinski definition) is 0. The van der Waals surface area contributed by atoms with E-state index in [2.05, 4.69) is 0 Å². The summed E-state index contributed by atoms with van der Waals surface area (Å²) in [7, 11) is 0. The summed E-state index contributed by atoms with van der Waals surface area (Å²) in [4.78, 5) is 21.6. The Bertz CT molecular complexity index is 321. The van der Waals surface area contributed by atoms with Gasteiger partial charge in [0, 0.05) is 0 Å². The molecule has 1 unspecified atom stereocenters. The van der Waals surface area contributed by atoms with Gasteiger partial charge in [-0.3, -0.25) is 4.79 Å². The van der Waals surface area contributed by atoms with Crippen molar-refractivity contribution >= 4 is 11.8 Å². The van der Waals surface area contributed by atoms with Crippen molar-refractivity contribution in [1.29, 1.82) is 0 Å². The van der Waals surface area contributed by atoms with Crippen LogP contribution in [-0.4, -0.2) is 11.8 Å². The summed E-state index contributed by atoms with van der Waals surface area (Å²) in [6.07, 6.45) is 0.207. The smallest absolute Gasteiger partial charge is 0.549 e. The van der Waals surface area contributed by atoms with Crippen LogP contribution in [0.3, 0.4) is 0 Å². The number of carbonyl (C=O) groups excluding carboxylic acids is 2. The number of carboxylic acid groups (broad SMARTS) is 1. The van der Waals surface area contributed by atoms with Crippen molar-refractivity contribution in [3.05, 3.63) is 35.9 Å². The molecule has 0 aliphatic heterocycles. The van der Waals surface area contributed by atoms with Crippen LogP contribution in [0.2, 0.25) is 0 Å². The fourth-order valence-electron chi connectivity index (χ4n) is 1.24. The second-order valence-corrected chi connectivity index (χ2v) is 3.17. The number of benzene rings is 1. The molecule has 0 bridgehead atoms. The molecule has 1 rings (SSSR count). The second-order valence-electron chi connectivity index (χ2n) is 3.17. The van der Waals surface area contributed by atoms with Gasteiger partial charge in [-0.25, -0.2) is 0 Å². The zero-order valence-electron chi connectivity index (χ0n) is 8.20. The predicted molar refractivity (Wildman–Crippen MR) is 49.3 cm³/mol. The standard InChI is InChI=1S/C11H12O3.Ag/c1-8(12)10(11(13)14)7-9-5-3-2-4-6-9;/h2-6,10H,7H2,1H3,(H,13,14);/q;+1/p-1. The molecule has 0 saturated carbocycles. The number of ketones is 1. The minimum atomic E-state index is -1.30. The van der Waals surface area contributed by atoms with Gasteiger partial charge in [-0.15, -0.1) is 0 Å². The molecule has 0 N–H and O–H groups in total. The van der Waals surface area contributed by atoms with Crippen molar-refractivity contribution in [2.45, 2.75) is 13.3 Å². The van der Waals surface area contributed by atoms with Crippen LogP contribution < -0.4 is 5.11 Å². The molecule has 4 heteroatoms. The van der Waals surface area contributed by atoms with Crippen molar-refractivity contribution in [3.8, 4) is 0 Å². The third kappa shape index (κ3) is 4.42. The number of carboxylic acids is 1. The zero-order valence-corrected chi connectivity index (χ0v) is 9.68. The van der Waals surface area contributed by atoms with E-state index in [-0.39, 0.29) is 34.6 Å². The van der Waals surface area contributed by atoms with Crippen molar-refractivity contribution in [2.24, 2.45) is 5.92 Å². The largest absolute Gasteiger partial charge is 1.00 e. The number of hydrogen-bond acceptors (Lipinski definition) is 3. The summed E-state index contributed by atoms with van der Waals surface area (Å²) in [5.41, 5.74) is 0.830. The van der Waals surface area contributed by atoms with Crippen LogP contribution in [-0.2, 0) is 38.4 Å². The van der Waals surface area contributed by atoms with Gasteiger partial charge in [-0.1, -0.05) is 30.3 Å². The monoisotopic (exact) mass is 298 g/mol. The topological polar surface area (TPSA) is 57.2 Å². The van der Waals surface area contributed by atoms with Gasteiger partial charge in [-0.2, -0.15) is 0 Å². The van der Waals surface area contributed by atoms with E-state index in [4.69, 9.17) is 0 Å². The third-order valence-corrected chi connectivity index (χ3v) is 2.06. The molecule has 0 saturated heterocycles. The second kappa shape index (κ2) is 6.56. The summed E-state index contributed by atoms with van der Waals surface area (Å²) in [6.45, 7) is 1.27. The fraction of sp³-hybridized carbons (Fsp3) is 0.273. The van der Waals surface area contributed by atoms with Crippen LogP contribution in [0.5, 0.6) is 0 Å². The predicted octanol–water partition coefficient (Wildman–Crippen LogP) is 0.182. The third-order valence-electron chi connectivity index (χ3n) is 2.06. The van der Waals surface area contributed by atoms with Crippen molar-refractivity contribution in [2.75, 3.05) is 0 Å². The van der Waals surface area contributed by atoms with Gasteiger partial charge in [0.15, 0.2) is 0 Å². The molecule has 0 radical (unpaired) electrons. The number of aliphatic carboxylic acids is 1. The summed E-state index contributed by atoms with van der Waals surface area (Å²) in [5.74, 6) is -2.70. The molecule has 0 aromatic heterocycles. The van der Waals surface area contributed by atoms with E-state index in [1.807, 2.05) is 18.2 Å². The number of Topliss-reactive ketones (excluding diaryl/α,β-unsaturated/α-hetero) is 1. The van der Waals surface area contributed by atoms with Gasteiger partial charge in [-0.05, 0) is 18.9 Å². The molecule has 0 aliphatic carbocycles. The summed E-state index contributed by atoms with van der Waals surface area (Å²) in [6, 6.07) is 9.03. The Hall–Kier alpha value is -0.900. The van der Waals surface area contributed by atoms with Gasteiger partial charge in [0.2, 0.25) is 0 Å². The molecule has 0 amide bonds. The maximum atomic E-state index is 11.0. The van der Waals surface area contributed by atoms with Crippen LogP contribution in [0.1, 0.15) is 12.5 Å². The minimum Gasteiger partial charge on any atom is -0.549 e. The van der Waals surface area contributed by atoms with Gasteiger partial charge < -0.3 is 9.90 Å². The fourth-order valence-corrected chi connectivity index (χ4v) is 1.24. The molecule has 0 heterocycles. The van der Waals surface area contributed by atoms with Gasteiger partial charge >= 0.3 is 22.4 Å². The molecule has 1 aromatic carbocycles. The van der Waals surface area contributed by atoms with Crippen LogP contribution in [0.15, 0.2) is 30.3 Å². The van der Waals surface area contributed by atoms with Gasteiger partial charge in [0.05, 0.1) is 11.9 Å². The summed E-state index contributed by atoms with van der Waals surface area (Å²) < 4.78 is 0. The maximum Gasteiger partial charge on any atom is 1.00 e. The molecule has 3 nitrogen and oxygen atoms in total. The average molecular weight is 299 g/mol. The molecule has 0 spiro atoms. The molecule has 84 valence electrons. The van der Waals surface area contributed by atoms with Crippen molar-refractivity contribution in [1.82, 2.24) is 0 Å².